The van der Waals surface area contributed by atoms with Crippen LogP contribution in [0.5, 0.6) is 0 Å². The largest absolute Gasteiger partial charge is 0.350 e. The number of sulfonamides is 1. The molecule has 0 aliphatic carbocycles. The van der Waals surface area contributed by atoms with Gasteiger partial charge in [-0.3, -0.25) is 13.9 Å². The summed E-state index contributed by atoms with van der Waals surface area (Å²) in [5, 5.41) is 3.54. The van der Waals surface area contributed by atoms with Crippen LogP contribution in [0.4, 0.5) is 5.69 Å². The number of anilines is 1. The number of halogens is 2. The Hall–Kier alpha value is -2.29. The number of carbonyl (C=O) groups is 2. The third-order valence-electron chi connectivity index (χ3n) is 4.71. The fraction of sp³-hybridized carbons (Fsp3) is 0.391. The molecule has 1 atom stereocenters. The Labute approximate surface area is 205 Å². The Morgan fingerprint density at radius 2 is 1.70 bits per heavy atom. The van der Waals surface area contributed by atoms with E-state index in [-0.39, 0.29) is 23.2 Å². The second kappa shape index (κ2) is 10.8. The summed E-state index contributed by atoms with van der Waals surface area (Å²) in [6, 6.07) is 12.4. The summed E-state index contributed by atoms with van der Waals surface area (Å²) in [6.45, 7) is 6.66. The molecule has 7 nitrogen and oxygen atoms in total. The van der Waals surface area contributed by atoms with E-state index in [9.17, 15) is 18.0 Å². The molecule has 0 saturated heterocycles. The first-order chi connectivity index (χ1) is 15.2. The average Bonchev–Trinajstić information content (AvgIpc) is 2.68. The highest BCUT2D eigenvalue weighted by atomic mass is 35.5. The molecule has 180 valence electrons. The van der Waals surface area contributed by atoms with Crippen molar-refractivity contribution in [2.75, 3.05) is 17.1 Å². The second-order valence-electron chi connectivity index (χ2n) is 8.79. The van der Waals surface area contributed by atoms with Gasteiger partial charge in [0, 0.05) is 17.1 Å². The summed E-state index contributed by atoms with van der Waals surface area (Å²) >= 11 is 12.3. The molecular weight excluding hydrogens is 485 g/mol. The lowest BCUT2D eigenvalue weighted by Gasteiger charge is -2.33. The SMILES string of the molecule is C[C@@H](C(=O)NC(C)(C)C)N(Cc1cccc(Cl)c1)C(=O)CN(c1ccccc1Cl)S(C)(=O)=O. The third kappa shape index (κ3) is 7.91. The Morgan fingerprint density at radius 3 is 2.24 bits per heavy atom. The maximum atomic E-state index is 13.4. The van der Waals surface area contributed by atoms with Crippen LogP contribution in [0.15, 0.2) is 48.5 Å². The Kier molecular flexibility index (Phi) is 8.79. The zero-order chi connectivity index (χ0) is 25.0. The average molecular weight is 514 g/mol. The van der Waals surface area contributed by atoms with E-state index in [0.29, 0.717) is 10.6 Å². The zero-order valence-corrected chi connectivity index (χ0v) is 21.6. The van der Waals surface area contributed by atoms with Gasteiger partial charge in [-0.1, -0.05) is 47.5 Å². The predicted molar refractivity (Wildman–Crippen MR) is 133 cm³/mol. The number of benzene rings is 2. The van der Waals surface area contributed by atoms with E-state index >= 15 is 0 Å². The Bertz CT molecular complexity index is 1120. The molecule has 2 amide bonds. The summed E-state index contributed by atoms with van der Waals surface area (Å²) in [7, 11) is -3.84. The molecule has 0 radical (unpaired) electrons. The van der Waals surface area contributed by atoms with Crippen LogP contribution in [0, 0.1) is 0 Å². The molecule has 0 bridgehead atoms. The summed E-state index contributed by atoms with van der Waals surface area (Å²) in [6.07, 6.45) is 1.00. The lowest BCUT2D eigenvalue weighted by molar-refractivity contribution is -0.140. The summed E-state index contributed by atoms with van der Waals surface area (Å²) in [5.74, 6) is -0.918. The van der Waals surface area contributed by atoms with E-state index in [1.807, 2.05) is 20.8 Å². The minimum absolute atomic E-state index is 0.0677. The molecule has 0 aliphatic heterocycles. The van der Waals surface area contributed by atoms with Gasteiger partial charge in [-0.2, -0.15) is 0 Å². The van der Waals surface area contributed by atoms with Crippen LogP contribution in [0.1, 0.15) is 33.3 Å². The van der Waals surface area contributed by atoms with Gasteiger partial charge in [0.1, 0.15) is 12.6 Å². The topological polar surface area (TPSA) is 86.8 Å². The summed E-state index contributed by atoms with van der Waals surface area (Å²) in [4.78, 5) is 27.7. The number of carbonyl (C=O) groups excluding carboxylic acids is 2. The molecule has 0 fully saturated rings. The molecule has 0 unspecified atom stereocenters. The number of hydrogen-bond donors (Lipinski definition) is 1. The van der Waals surface area contributed by atoms with Crippen LogP contribution in [-0.2, 0) is 26.2 Å². The van der Waals surface area contributed by atoms with Crippen molar-refractivity contribution in [1.29, 1.82) is 0 Å². The molecule has 2 aromatic rings. The van der Waals surface area contributed by atoms with Gasteiger partial charge >= 0.3 is 0 Å². The number of para-hydroxylation sites is 1. The third-order valence-corrected chi connectivity index (χ3v) is 6.39. The minimum atomic E-state index is -3.84. The normalized spacial score (nSPS) is 12.7. The van der Waals surface area contributed by atoms with Gasteiger partial charge in [-0.15, -0.1) is 0 Å². The van der Waals surface area contributed by atoms with Crippen molar-refractivity contribution < 1.29 is 18.0 Å². The molecule has 0 spiro atoms. The van der Waals surface area contributed by atoms with E-state index in [2.05, 4.69) is 5.32 Å². The van der Waals surface area contributed by atoms with Crippen molar-refractivity contribution in [3.8, 4) is 0 Å². The molecule has 2 rings (SSSR count). The molecule has 0 saturated carbocycles. The second-order valence-corrected chi connectivity index (χ2v) is 11.5. The van der Waals surface area contributed by atoms with Crippen molar-refractivity contribution >= 4 is 50.7 Å². The molecule has 33 heavy (non-hydrogen) atoms. The summed E-state index contributed by atoms with van der Waals surface area (Å²) in [5.41, 5.74) is 0.381. The van der Waals surface area contributed by atoms with E-state index in [0.717, 1.165) is 10.6 Å². The molecule has 10 heteroatoms. The standard InChI is InChI=1S/C23H29Cl2N3O4S/c1-16(22(30)26-23(2,3)4)27(14-17-9-8-10-18(24)13-17)21(29)15-28(33(5,31)32)20-12-7-6-11-19(20)25/h6-13,16H,14-15H2,1-5H3,(H,26,30)/t16-/m0/s1. The number of rotatable bonds is 8. The Morgan fingerprint density at radius 1 is 1.06 bits per heavy atom. The van der Waals surface area contributed by atoms with Crippen LogP contribution >= 0.6 is 23.2 Å². The highest BCUT2D eigenvalue weighted by Gasteiger charge is 2.31. The first-order valence-corrected chi connectivity index (χ1v) is 12.9. The van der Waals surface area contributed by atoms with Gasteiger partial charge in [-0.25, -0.2) is 8.42 Å². The van der Waals surface area contributed by atoms with E-state index in [1.54, 1.807) is 49.4 Å². The van der Waals surface area contributed by atoms with Crippen LogP contribution in [0.2, 0.25) is 10.0 Å². The smallest absolute Gasteiger partial charge is 0.244 e. The fourth-order valence-electron chi connectivity index (χ4n) is 3.14. The highest BCUT2D eigenvalue weighted by molar-refractivity contribution is 7.92. The maximum absolute atomic E-state index is 13.4. The number of amides is 2. The first-order valence-electron chi connectivity index (χ1n) is 10.3. The monoisotopic (exact) mass is 513 g/mol. The quantitative estimate of drug-likeness (QED) is 0.575. The summed E-state index contributed by atoms with van der Waals surface area (Å²) < 4.78 is 26.0. The van der Waals surface area contributed by atoms with Crippen molar-refractivity contribution in [3.63, 3.8) is 0 Å². The molecule has 0 aliphatic rings. The van der Waals surface area contributed by atoms with Gasteiger partial charge in [0.05, 0.1) is 17.0 Å². The van der Waals surface area contributed by atoms with E-state index < -0.39 is 34.1 Å². The lowest BCUT2D eigenvalue weighted by atomic mass is 10.1. The van der Waals surface area contributed by atoms with Crippen molar-refractivity contribution in [2.45, 2.75) is 45.8 Å². The van der Waals surface area contributed by atoms with Crippen molar-refractivity contribution in [2.24, 2.45) is 0 Å². The van der Waals surface area contributed by atoms with E-state index in [1.165, 1.54) is 11.0 Å². The van der Waals surface area contributed by atoms with Gasteiger partial charge in [0.15, 0.2) is 0 Å². The molecular formula is C23H29Cl2N3O4S. The van der Waals surface area contributed by atoms with Gasteiger partial charge < -0.3 is 10.2 Å². The minimum Gasteiger partial charge on any atom is -0.350 e. The number of nitrogens with zero attached hydrogens (tertiary/aromatic N) is 2. The lowest BCUT2D eigenvalue weighted by Crippen LogP contribution is -2.54. The molecule has 2 aromatic carbocycles. The van der Waals surface area contributed by atoms with Crippen LogP contribution in [0.25, 0.3) is 0 Å². The predicted octanol–water partition coefficient (Wildman–Crippen LogP) is 4.09. The van der Waals surface area contributed by atoms with Crippen LogP contribution in [0.3, 0.4) is 0 Å². The van der Waals surface area contributed by atoms with Crippen LogP contribution in [-0.4, -0.2) is 49.5 Å². The maximum Gasteiger partial charge on any atom is 0.244 e. The zero-order valence-electron chi connectivity index (χ0n) is 19.3. The highest BCUT2D eigenvalue weighted by Crippen LogP contribution is 2.27. The van der Waals surface area contributed by atoms with Crippen molar-refractivity contribution in [3.05, 3.63) is 64.1 Å². The van der Waals surface area contributed by atoms with Gasteiger partial charge in [-0.05, 0) is 57.5 Å². The molecule has 0 heterocycles. The first kappa shape index (κ1) is 27.0. The van der Waals surface area contributed by atoms with E-state index in [4.69, 9.17) is 23.2 Å². The molecule has 0 aromatic heterocycles. The van der Waals surface area contributed by atoms with Crippen molar-refractivity contribution in [1.82, 2.24) is 10.2 Å². The van der Waals surface area contributed by atoms with Crippen LogP contribution < -0.4 is 9.62 Å². The van der Waals surface area contributed by atoms with Gasteiger partial charge in [0.2, 0.25) is 21.8 Å². The fourth-order valence-corrected chi connectivity index (χ4v) is 4.50. The number of nitrogens with one attached hydrogen (secondary N) is 1. The van der Waals surface area contributed by atoms with Gasteiger partial charge in [0.25, 0.3) is 0 Å². The Balaban J connectivity index is 2.42. The number of hydrogen-bond acceptors (Lipinski definition) is 4. The molecule has 1 N–H and O–H groups in total.